The van der Waals surface area contributed by atoms with Gasteiger partial charge in [-0.05, 0) is 60.0 Å². The average molecular weight is 388 g/mol. The summed E-state index contributed by atoms with van der Waals surface area (Å²) in [6.45, 7) is 2.45. The molecule has 1 heterocycles. The van der Waals surface area contributed by atoms with Crippen molar-refractivity contribution in [3.05, 3.63) is 102 Å². The normalized spacial score (nSPS) is 11.1. The van der Waals surface area contributed by atoms with E-state index < -0.39 is 0 Å². The van der Waals surface area contributed by atoms with E-state index in [1.165, 1.54) is 34.2 Å². The zero-order valence-corrected chi connectivity index (χ0v) is 16.6. The molecular weight excluding hydrogens is 363 g/mol. The minimum atomic E-state index is -0.201. The van der Waals surface area contributed by atoms with E-state index in [0.29, 0.717) is 0 Å². The van der Waals surface area contributed by atoms with Crippen LogP contribution in [0.2, 0.25) is 0 Å². The molecule has 29 heavy (non-hydrogen) atoms. The number of ether oxygens (including phenoxy) is 1. The second-order valence-electron chi connectivity index (χ2n) is 7.20. The van der Waals surface area contributed by atoms with Gasteiger partial charge in [0, 0.05) is 30.2 Å². The Hall–Kier alpha value is -3.11. The van der Waals surface area contributed by atoms with Crippen LogP contribution in [0.5, 0.6) is 5.75 Å². The second-order valence-corrected chi connectivity index (χ2v) is 7.20. The van der Waals surface area contributed by atoms with Crippen molar-refractivity contribution in [1.29, 1.82) is 0 Å². The van der Waals surface area contributed by atoms with Gasteiger partial charge in [0.1, 0.15) is 11.6 Å². The van der Waals surface area contributed by atoms with Crippen LogP contribution in [0.1, 0.15) is 16.7 Å². The van der Waals surface area contributed by atoms with Gasteiger partial charge in [-0.3, -0.25) is 0 Å². The van der Waals surface area contributed by atoms with Gasteiger partial charge in [-0.1, -0.05) is 42.5 Å². The highest BCUT2D eigenvalue weighted by atomic mass is 19.1. The lowest BCUT2D eigenvalue weighted by Gasteiger charge is -2.06. The monoisotopic (exact) mass is 388 g/mol. The third-order valence-electron chi connectivity index (χ3n) is 5.20. The third kappa shape index (κ3) is 4.66. The van der Waals surface area contributed by atoms with Crippen molar-refractivity contribution in [3.63, 3.8) is 0 Å². The number of para-hydroxylation sites is 1. The molecule has 0 bridgehead atoms. The van der Waals surface area contributed by atoms with E-state index in [-0.39, 0.29) is 5.82 Å². The van der Waals surface area contributed by atoms with Crippen molar-refractivity contribution >= 4 is 10.9 Å². The highest BCUT2D eigenvalue weighted by Crippen LogP contribution is 2.22. The molecule has 0 unspecified atom stereocenters. The maximum absolute atomic E-state index is 13.2. The molecule has 148 valence electrons. The largest absolute Gasteiger partial charge is 0.497 e. The van der Waals surface area contributed by atoms with Gasteiger partial charge in [0.2, 0.25) is 0 Å². The van der Waals surface area contributed by atoms with Gasteiger partial charge < -0.3 is 14.6 Å². The molecule has 0 aliphatic carbocycles. The minimum Gasteiger partial charge on any atom is -0.497 e. The minimum absolute atomic E-state index is 0.201. The molecule has 4 rings (SSSR count). The summed E-state index contributed by atoms with van der Waals surface area (Å²) < 4.78 is 20.6. The first-order chi connectivity index (χ1) is 14.2. The fraction of sp³-hybridized carbons (Fsp3) is 0.200. The maximum Gasteiger partial charge on any atom is 0.123 e. The van der Waals surface area contributed by atoms with Crippen molar-refractivity contribution in [1.82, 2.24) is 9.88 Å². The summed E-state index contributed by atoms with van der Waals surface area (Å²) in [7, 11) is 1.68. The lowest BCUT2D eigenvalue weighted by molar-refractivity contribution is 0.414. The summed E-state index contributed by atoms with van der Waals surface area (Å²) in [4.78, 5) is 0. The van der Waals surface area contributed by atoms with Crippen LogP contribution in [0.25, 0.3) is 10.9 Å². The number of fused-ring (bicyclic) bond motifs is 1. The Morgan fingerprint density at radius 3 is 2.38 bits per heavy atom. The number of hydrogen-bond donors (Lipinski definition) is 1. The lowest BCUT2D eigenvalue weighted by atomic mass is 10.1. The number of aromatic nitrogens is 1. The molecule has 0 amide bonds. The third-order valence-corrected chi connectivity index (χ3v) is 5.20. The molecule has 0 fully saturated rings. The fourth-order valence-electron chi connectivity index (χ4n) is 3.63. The SMILES string of the molecule is COc1ccc(CCNCc2cn(Cc3ccc(F)cc3)c3ccccc23)cc1. The number of nitrogens with zero attached hydrogens (tertiary/aromatic N) is 1. The Balaban J connectivity index is 1.42. The standard InChI is InChI=1S/C25H25FN2O/c1-29-23-12-8-19(9-13-23)14-15-27-16-21-18-28(25-5-3-2-4-24(21)25)17-20-6-10-22(26)11-7-20/h2-13,18,27H,14-17H2,1H3. The number of halogens is 1. The zero-order valence-electron chi connectivity index (χ0n) is 16.6. The number of hydrogen-bond acceptors (Lipinski definition) is 2. The first-order valence-electron chi connectivity index (χ1n) is 9.88. The van der Waals surface area contributed by atoms with E-state index >= 15 is 0 Å². The van der Waals surface area contributed by atoms with Gasteiger partial charge in [-0.25, -0.2) is 4.39 Å². The van der Waals surface area contributed by atoms with E-state index in [9.17, 15) is 4.39 Å². The highest BCUT2D eigenvalue weighted by Gasteiger charge is 2.08. The molecule has 0 saturated carbocycles. The molecule has 0 atom stereocenters. The molecule has 0 aliphatic heterocycles. The van der Waals surface area contributed by atoms with E-state index in [1.54, 1.807) is 7.11 Å². The lowest BCUT2D eigenvalue weighted by Crippen LogP contribution is -2.16. The fourth-order valence-corrected chi connectivity index (χ4v) is 3.63. The van der Waals surface area contributed by atoms with Crippen LogP contribution in [0.3, 0.4) is 0 Å². The molecule has 0 aliphatic rings. The zero-order chi connectivity index (χ0) is 20.1. The van der Waals surface area contributed by atoms with E-state index in [4.69, 9.17) is 4.74 Å². The summed E-state index contributed by atoms with van der Waals surface area (Å²) in [6, 6.07) is 23.4. The van der Waals surface area contributed by atoms with Crippen LogP contribution in [-0.2, 0) is 19.5 Å². The van der Waals surface area contributed by atoms with Crippen LogP contribution in [0.4, 0.5) is 4.39 Å². The Bertz CT molecular complexity index is 1070. The van der Waals surface area contributed by atoms with E-state index in [1.807, 2.05) is 24.3 Å². The van der Waals surface area contributed by atoms with Crippen molar-refractivity contribution in [2.45, 2.75) is 19.5 Å². The Labute approximate surface area is 170 Å². The van der Waals surface area contributed by atoms with Crippen molar-refractivity contribution in [2.24, 2.45) is 0 Å². The number of nitrogens with one attached hydrogen (secondary N) is 1. The highest BCUT2D eigenvalue weighted by molar-refractivity contribution is 5.84. The predicted octanol–water partition coefficient (Wildman–Crippen LogP) is 5.17. The van der Waals surface area contributed by atoms with Crippen molar-refractivity contribution in [2.75, 3.05) is 13.7 Å². The summed E-state index contributed by atoms with van der Waals surface area (Å²) in [5, 5.41) is 4.82. The predicted molar refractivity (Wildman–Crippen MR) is 116 cm³/mol. The molecule has 4 heteroatoms. The Kier molecular flexibility index (Phi) is 5.92. The molecule has 3 aromatic carbocycles. The Morgan fingerprint density at radius 1 is 0.897 bits per heavy atom. The van der Waals surface area contributed by atoms with Crippen LogP contribution in [-0.4, -0.2) is 18.2 Å². The van der Waals surface area contributed by atoms with Crippen LogP contribution >= 0.6 is 0 Å². The number of methoxy groups -OCH3 is 1. The van der Waals surface area contributed by atoms with Gasteiger partial charge in [0.15, 0.2) is 0 Å². The first-order valence-corrected chi connectivity index (χ1v) is 9.88. The number of benzene rings is 3. The summed E-state index contributed by atoms with van der Waals surface area (Å²) in [5.74, 6) is 0.684. The average Bonchev–Trinajstić information content (AvgIpc) is 3.11. The molecule has 3 nitrogen and oxygen atoms in total. The smallest absolute Gasteiger partial charge is 0.123 e. The summed E-state index contributed by atoms with van der Waals surface area (Å²) >= 11 is 0. The van der Waals surface area contributed by atoms with Crippen molar-refractivity contribution < 1.29 is 9.13 Å². The van der Waals surface area contributed by atoms with Crippen molar-refractivity contribution in [3.8, 4) is 5.75 Å². The molecule has 0 saturated heterocycles. The Morgan fingerprint density at radius 2 is 1.62 bits per heavy atom. The van der Waals surface area contributed by atoms with E-state index in [0.717, 1.165) is 37.4 Å². The molecule has 0 radical (unpaired) electrons. The molecule has 1 N–H and O–H groups in total. The molecule has 4 aromatic rings. The van der Waals surface area contributed by atoms with Gasteiger partial charge in [0.25, 0.3) is 0 Å². The van der Waals surface area contributed by atoms with Crippen LogP contribution in [0, 0.1) is 5.82 Å². The molecular formula is C25H25FN2O. The molecule has 1 aromatic heterocycles. The van der Waals surface area contributed by atoms with Crippen LogP contribution in [0.15, 0.2) is 79.0 Å². The second kappa shape index (κ2) is 8.93. The first kappa shape index (κ1) is 19.2. The van der Waals surface area contributed by atoms with Gasteiger partial charge in [-0.2, -0.15) is 0 Å². The van der Waals surface area contributed by atoms with Gasteiger partial charge in [0.05, 0.1) is 7.11 Å². The van der Waals surface area contributed by atoms with Gasteiger partial charge in [-0.15, -0.1) is 0 Å². The maximum atomic E-state index is 13.2. The summed E-state index contributed by atoms with van der Waals surface area (Å²) in [5.41, 5.74) is 4.85. The van der Waals surface area contributed by atoms with Gasteiger partial charge >= 0.3 is 0 Å². The summed E-state index contributed by atoms with van der Waals surface area (Å²) in [6.07, 6.45) is 3.17. The topological polar surface area (TPSA) is 26.2 Å². The molecule has 0 spiro atoms. The van der Waals surface area contributed by atoms with Crippen LogP contribution < -0.4 is 10.1 Å². The number of rotatable bonds is 8. The quantitative estimate of drug-likeness (QED) is 0.422. The van der Waals surface area contributed by atoms with E-state index in [2.05, 4.69) is 52.5 Å².